The molecule has 5 rings (SSSR count). The van der Waals surface area contributed by atoms with Crippen LogP contribution in [-0.4, -0.2) is 44.6 Å². The maximum absolute atomic E-state index is 14.3. The van der Waals surface area contributed by atoms with Gasteiger partial charge in [0.2, 0.25) is 5.91 Å². The minimum Gasteiger partial charge on any atom is -0.491 e. The maximum Gasteiger partial charge on any atom is 0.335 e. The van der Waals surface area contributed by atoms with E-state index in [4.69, 9.17) is 9.84 Å². The summed E-state index contributed by atoms with van der Waals surface area (Å²) in [5, 5.41) is 11.9. The van der Waals surface area contributed by atoms with Crippen LogP contribution >= 0.6 is 0 Å². The van der Waals surface area contributed by atoms with E-state index in [1.807, 2.05) is 0 Å². The van der Waals surface area contributed by atoms with Gasteiger partial charge in [-0.05, 0) is 72.1 Å². The molecule has 1 atom stereocenters. The van der Waals surface area contributed by atoms with Gasteiger partial charge in [-0.3, -0.25) is 9.10 Å². The predicted molar refractivity (Wildman–Crippen MR) is 152 cm³/mol. The number of benzene rings is 4. The molecule has 1 amide bonds. The zero-order chi connectivity index (χ0) is 30.0. The highest BCUT2D eigenvalue weighted by atomic mass is 32.2. The third-order valence-corrected chi connectivity index (χ3v) is 8.80. The van der Waals surface area contributed by atoms with Crippen LogP contribution in [0.4, 0.5) is 14.5 Å². The molecule has 0 fully saturated rings. The van der Waals surface area contributed by atoms with Crippen molar-refractivity contribution < 1.29 is 36.6 Å². The van der Waals surface area contributed by atoms with Crippen molar-refractivity contribution in [3.63, 3.8) is 0 Å². The van der Waals surface area contributed by atoms with Gasteiger partial charge in [0.15, 0.2) is 0 Å². The molecular formula is C31H26F2N2O6S. The normalized spacial score (nSPS) is 14.4. The Morgan fingerprint density at radius 3 is 2.43 bits per heavy atom. The van der Waals surface area contributed by atoms with E-state index in [2.05, 4.69) is 5.32 Å². The number of aryl methyl sites for hydroxylation is 1. The number of aromatic carboxylic acids is 1. The van der Waals surface area contributed by atoms with E-state index < -0.39 is 39.6 Å². The number of sulfonamides is 1. The monoisotopic (exact) mass is 592 g/mol. The Morgan fingerprint density at radius 1 is 1.00 bits per heavy atom. The van der Waals surface area contributed by atoms with E-state index in [9.17, 15) is 26.8 Å². The molecule has 0 spiro atoms. The molecule has 1 aliphatic heterocycles. The number of amides is 1. The SMILES string of the molecule is Cc1cc(C(=O)O)ccc1OCCNC(=O)[C@@H]1Cc2ccccc2N1S(=O)(=O)c1ccc(-c2ccc(F)cc2F)cc1. The Balaban J connectivity index is 1.32. The molecule has 4 aromatic rings. The summed E-state index contributed by atoms with van der Waals surface area (Å²) >= 11 is 0. The molecule has 0 bridgehead atoms. The number of carboxylic acids is 1. The summed E-state index contributed by atoms with van der Waals surface area (Å²) in [7, 11) is -4.21. The Labute approximate surface area is 241 Å². The molecule has 0 saturated heterocycles. The van der Waals surface area contributed by atoms with Crippen LogP contribution in [0.3, 0.4) is 0 Å². The molecule has 0 unspecified atom stereocenters. The average molecular weight is 593 g/mol. The molecule has 0 saturated carbocycles. The molecule has 1 heterocycles. The van der Waals surface area contributed by atoms with E-state index in [0.29, 0.717) is 28.1 Å². The molecule has 216 valence electrons. The lowest BCUT2D eigenvalue weighted by Crippen LogP contribution is -2.48. The summed E-state index contributed by atoms with van der Waals surface area (Å²) in [6, 6.07) is 18.9. The molecule has 0 aromatic heterocycles. The molecular weight excluding hydrogens is 566 g/mol. The lowest BCUT2D eigenvalue weighted by molar-refractivity contribution is -0.122. The van der Waals surface area contributed by atoms with Gasteiger partial charge < -0.3 is 15.2 Å². The summed E-state index contributed by atoms with van der Waals surface area (Å²) in [6.45, 7) is 1.87. The number of hydrogen-bond donors (Lipinski definition) is 2. The number of nitrogens with one attached hydrogen (secondary N) is 1. The van der Waals surface area contributed by atoms with Crippen molar-refractivity contribution in [1.82, 2.24) is 5.32 Å². The van der Waals surface area contributed by atoms with Gasteiger partial charge in [-0.25, -0.2) is 22.0 Å². The smallest absolute Gasteiger partial charge is 0.335 e. The fraction of sp³-hybridized carbons (Fsp3) is 0.161. The first-order valence-corrected chi connectivity index (χ1v) is 14.4. The number of ether oxygens (including phenoxy) is 1. The summed E-state index contributed by atoms with van der Waals surface area (Å²) in [4.78, 5) is 24.3. The highest BCUT2D eigenvalue weighted by Gasteiger charge is 2.42. The minimum atomic E-state index is -4.21. The molecule has 0 radical (unpaired) electrons. The molecule has 1 aliphatic rings. The van der Waals surface area contributed by atoms with Crippen molar-refractivity contribution in [1.29, 1.82) is 0 Å². The Kier molecular flexibility index (Phi) is 7.95. The van der Waals surface area contributed by atoms with Crippen LogP contribution in [0, 0.1) is 18.6 Å². The number of anilines is 1. The lowest BCUT2D eigenvalue weighted by Gasteiger charge is -2.26. The second-order valence-corrected chi connectivity index (χ2v) is 11.5. The van der Waals surface area contributed by atoms with Gasteiger partial charge in [-0.1, -0.05) is 30.3 Å². The largest absolute Gasteiger partial charge is 0.491 e. The van der Waals surface area contributed by atoms with Crippen LogP contribution in [0.1, 0.15) is 21.5 Å². The number of para-hydroxylation sites is 1. The van der Waals surface area contributed by atoms with Crippen LogP contribution in [0.5, 0.6) is 5.75 Å². The number of halogens is 2. The van der Waals surface area contributed by atoms with Crippen molar-refractivity contribution in [3.05, 3.63) is 113 Å². The van der Waals surface area contributed by atoms with E-state index in [1.165, 1.54) is 48.5 Å². The van der Waals surface area contributed by atoms with Crippen molar-refractivity contribution in [2.75, 3.05) is 17.5 Å². The fourth-order valence-electron chi connectivity index (χ4n) is 4.89. The number of carbonyl (C=O) groups is 2. The molecule has 4 aromatic carbocycles. The van der Waals surface area contributed by atoms with Gasteiger partial charge in [0.1, 0.15) is 30.0 Å². The van der Waals surface area contributed by atoms with Gasteiger partial charge in [0.25, 0.3) is 10.0 Å². The van der Waals surface area contributed by atoms with Crippen LogP contribution in [0.15, 0.2) is 89.8 Å². The fourth-order valence-corrected chi connectivity index (χ4v) is 6.54. The average Bonchev–Trinajstić information content (AvgIpc) is 3.37. The number of nitrogens with zero attached hydrogens (tertiary/aromatic N) is 1. The summed E-state index contributed by atoms with van der Waals surface area (Å²) in [5.74, 6) is -2.58. The Bertz CT molecular complexity index is 1780. The van der Waals surface area contributed by atoms with Crippen LogP contribution in [-0.2, 0) is 21.2 Å². The van der Waals surface area contributed by atoms with E-state index >= 15 is 0 Å². The lowest BCUT2D eigenvalue weighted by atomic mass is 10.1. The van der Waals surface area contributed by atoms with Gasteiger partial charge in [-0.15, -0.1) is 0 Å². The van der Waals surface area contributed by atoms with Gasteiger partial charge in [0, 0.05) is 18.1 Å². The van der Waals surface area contributed by atoms with Gasteiger partial charge in [0.05, 0.1) is 22.7 Å². The van der Waals surface area contributed by atoms with Crippen molar-refractivity contribution in [3.8, 4) is 16.9 Å². The first-order chi connectivity index (χ1) is 20.1. The van der Waals surface area contributed by atoms with Crippen molar-refractivity contribution in [2.45, 2.75) is 24.3 Å². The van der Waals surface area contributed by atoms with E-state index in [1.54, 1.807) is 31.2 Å². The molecule has 11 heteroatoms. The predicted octanol–water partition coefficient (Wildman–Crippen LogP) is 4.95. The molecule has 2 N–H and O–H groups in total. The first kappa shape index (κ1) is 28.7. The number of rotatable bonds is 9. The summed E-state index contributed by atoms with van der Waals surface area (Å²) in [5.41, 5.74) is 2.33. The third kappa shape index (κ3) is 5.68. The highest BCUT2D eigenvalue weighted by molar-refractivity contribution is 7.93. The second kappa shape index (κ2) is 11.6. The van der Waals surface area contributed by atoms with Crippen LogP contribution in [0.2, 0.25) is 0 Å². The zero-order valence-electron chi connectivity index (χ0n) is 22.4. The Hall–Kier alpha value is -4.77. The molecule has 0 aliphatic carbocycles. The standard InChI is InChI=1S/C31H26F2N2O6S/c1-19-16-22(31(37)38)8-13-29(19)41-15-14-34-30(36)28-17-21-4-2-3-5-27(21)35(28)42(39,40)24-10-6-20(7-11-24)25-12-9-23(32)18-26(25)33/h2-13,16,18,28H,14-15,17H2,1H3,(H,34,36)(H,37,38)/t28-/m0/s1. The quantitative estimate of drug-likeness (QED) is 0.266. The zero-order valence-corrected chi connectivity index (χ0v) is 23.2. The number of fused-ring (bicyclic) bond motifs is 1. The van der Waals surface area contributed by atoms with Gasteiger partial charge >= 0.3 is 5.97 Å². The van der Waals surface area contributed by atoms with Crippen molar-refractivity contribution in [2.24, 2.45) is 0 Å². The molecule has 8 nitrogen and oxygen atoms in total. The minimum absolute atomic E-state index is 0.0762. The molecule has 42 heavy (non-hydrogen) atoms. The maximum atomic E-state index is 14.3. The van der Waals surface area contributed by atoms with Crippen LogP contribution < -0.4 is 14.4 Å². The summed E-state index contributed by atoms with van der Waals surface area (Å²) in [6.07, 6.45) is 0.163. The summed E-state index contributed by atoms with van der Waals surface area (Å²) < 4.78 is 62.1. The first-order valence-electron chi connectivity index (χ1n) is 13.0. The van der Waals surface area contributed by atoms with Gasteiger partial charge in [-0.2, -0.15) is 0 Å². The van der Waals surface area contributed by atoms with Crippen molar-refractivity contribution >= 4 is 27.6 Å². The van der Waals surface area contributed by atoms with Crippen LogP contribution in [0.25, 0.3) is 11.1 Å². The number of hydrogen-bond acceptors (Lipinski definition) is 5. The van der Waals surface area contributed by atoms with E-state index in [-0.39, 0.29) is 35.6 Å². The number of carboxylic acid groups (broad SMARTS) is 1. The third-order valence-electron chi connectivity index (χ3n) is 6.96. The second-order valence-electron chi connectivity index (χ2n) is 9.72. The highest BCUT2D eigenvalue weighted by Crippen LogP contribution is 2.37. The number of carbonyl (C=O) groups excluding carboxylic acids is 1. The van der Waals surface area contributed by atoms with E-state index in [0.717, 1.165) is 16.4 Å². The Morgan fingerprint density at radius 2 is 1.74 bits per heavy atom. The topological polar surface area (TPSA) is 113 Å².